The highest BCUT2D eigenvalue weighted by molar-refractivity contribution is 9.10. The van der Waals surface area contributed by atoms with E-state index in [1.165, 1.54) is 11.0 Å². The molecule has 2 aromatic rings. The molecular formula is C10H7BrF2N4O. The van der Waals surface area contributed by atoms with Crippen LogP contribution in [-0.2, 0) is 11.3 Å². The van der Waals surface area contributed by atoms with Gasteiger partial charge in [-0.1, -0.05) is 0 Å². The number of hydrogen-bond acceptors (Lipinski definition) is 3. The van der Waals surface area contributed by atoms with Crippen molar-refractivity contribution in [2.75, 3.05) is 5.32 Å². The molecule has 1 heterocycles. The van der Waals surface area contributed by atoms with Crippen LogP contribution < -0.4 is 5.32 Å². The van der Waals surface area contributed by atoms with E-state index in [-0.39, 0.29) is 12.2 Å². The molecule has 0 atom stereocenters. The number of hydrogen-bond donors (Lipinski definition) is 1. The Balaban J connectivity index is 2.03. The van der Waals surface area contributed by atoms with E-state index in [1.54, 1.807) is 0 Å². The van der Waals surface area contributed by atoms with E-state index in [0.717, 1.165) is 12.1 Å². The summed E-state index contributed by atoms with van der Waals surface area (Å²) in [6.45, 7) is -0.116. The molecule has 0 aliphatic rings. The largest absolute Gasteiger partial charge is 0.322 e. The molecule has 0 fully saturated rings. The third-order valence-electron chi connectivity index (χ3n) is 2.02. The van der Waals surface area contributed by atoms with Gasteiger partial charge in [-0.25, -0.2) is 18.4 Å². The Morgan fingerprint density at radius 2 is 2.22 bits per heavy atom. The molecule has 0 bridgehead atoms. The first-order valence-corrected chi connectivity index (χ1v) is 5.64. The van der Waals surface area contributed by atoms with Gasteiger partial charge in [0.2, 0.25) is 10.6 Å². The quantitative estimate of drug-likeness (QED) is 0.941. The lowest BCUT2D eigenvalue weighted by Crippen LogP contribution is -2.19. The predicted octanol–water partition coefficient (Wildman–Crippen LogP) is 1.96. The molecule has 1 amide bonds. The van der Waals surface area contributed by atoms with Crippen LogP contribution in [0.1, 0.15) is 0 Å². The SMILES string of the molecule is O=C(Cn1cnc(Br)n1)Nc1ccc(F)cc1F. The Labute approximate surface area is 109 Å². The van der Waals surface area contributed by atoms with Crippen molar-refractivity contribution in [1.82, 2.24) is 14.8 Å². The number of rotatable bonds is 3. The van der Waals surface area contributed by atoms with E-state index in [1.807, 2.05) is 0 Å². The van der Waals surface area contributed by atoms with Gasteiger partial charge in [-0.15, -0.1) is 5.10 Å². The third kappa shape index (κ3) is 3.10. The van der Waals surface area contributed by atoms with Gasteiger partial charge in [-0.05, 0) is 28.1 Å². The van der Waals surface area contributed by atoms with Crippen LogP contribution in [0.5, 0.6) is 0 Å². The van der Waals surface area contributed by atoms with Crippen LogP contribution in [0.3, 0.4) is 0 Å². The van der Waals surface area contributed by atoms with Gasteiger partial charge in [0.05, 0.1) is 5.69 Å². The van der Waals surface area contributed by atoms with Gasteiger partial charge in [0, 0.05) is 6.07 Å². The summed E-state index contributed by atoms with van der Waals surface area (Å²) in [7, 11) is 0. The second-order valence-electron chi connectivity index (χ2n) is 3.38. The summed E-state index contributed by atoms with van der Waals surface area (Å²) in [5.74, 6) is -2.02. The van der Waals surface area contributed by atoms with Crippen LogP contribution in [0.4, 0.5) is 14.5 Å². The highest BCUT2D eigenvalue weighted by Gasteiger charge is 2.09. The first kappa shape index (κ1) is 12.6. The minimum atomic E-state index is -0.830. The zero-order chi connectivity index (χ0) is 13.1. The normalized spacial score (nSPS) is 10.4. The number of aromatic nitrogens is 3. The van der Waals surface area contributed by atoms with Crippen molar-refractivity contribution in [3.05, 3.63) is 40.9 Å². The van der Waals surface area contributed by atoms with Crippen LogP contribution in [0.2, 0.25) is 0 Å². The fourth-order valence-corrected chi connectivity index (χ4v) is 1.57. The molecule has 0 aliphatic heterocycles. The molecule has 94 valence electrons. The smallest absolute Gasteiger partial charge is 0.246 e. The van der Waals surface area contributed by atoms with Gasteiger partial charge in [0.15, 0.2) is 0 Å². The fraction of sp³-hybridized carbons (Fsp3) is 0.100. The summed E-state index contributed by atoms with van der Waals surface area (Å²) in [5, 5.41) is 6.15. The average Bonchev–Trinajstić information content (AvgIpc) is 2.68. The Hall–Kier alpha value is -1.83. The third-order valence-corrected chi connectivity index (χ3v) is 2.38. The molecule has 2 rings (SSSR count). The van der Waals surface area contributed by atoms with Crippen LogP contribution in [0.15, 0.2) is 29.3 Å². The van der Waals surface area contributed by atoms with Crippen molar-refractivity contribution in [3.8, 4) is 0 Å². The van der Waals surface area contributed by atoms with Gasteiger partial charge >= 0.3 is 0 Å². The lowest BCUT2D eigenvalue weighted by atomic mass is 10.3. The van der Waals surface area contributed by atoms with Gasteiger partial charge in [-0.2, -0.15) is 0 Å². The molecule has 0 radical (unpaired) electrons. The van der Waals surface area contributed by atoms with Crippen molar-refractivity contribution in [2.45, 2.75) is 6.54 Å². The van der Waals surface area contributed by atoms with Gasteiger partial charge < -0.3 is 5.32 Å². The molecule has 1 aromatic carbocycles. The molecule has 18 heavy (non-hydrogen) atoms. The molecule has 1 N–H and O–H groups in total. The summed E-state index contributed by atoms with van der Waals surface area (Å²) in [6.07, 6.45) is 1.35. The van der Waals surface area contributed by atoms with E-state index in [2.05, 4.69) is 31.3 Å². The Morgan fingerprint density at radius 1 is 1.44 bits per heavy atom. The van der Waals surface area contributed by atoms with Crippen molar-refractivity contribution in [1.29, 1.82) is 0 Å². The van der Waals surface area contributed by atoms with Gasteiger partial charge in [0.1, 0.15) is 24.5 Å². The summed E-state index contributed by atoms with van der Waals surface area (Å²) >= 11 is 3.03. The van der Waals surface area contributed by atoms with E-state index in [9.17, 15) is 13.6 Å². The first-order valence-electron chi connectivity index (χ1n) is 4.84. The molecule has 0 saturated carbocycles. The number of anilines is 1. The summed E-state index contributed by atoms with van der Waals surface area (Å²) in [6, 6.07) is 2.91. The Morgan fingerprint density at radius 3 is 2.83 bits per heavy atom. The van der Waals surface area contributed by atoms with Crippen LogP contribution in [0, 0.1) is 11.6 Å². The molecule has 1 aromatic heterocycles. The minimum Gasteiger partial charge on any atom is -0.322 e. The second-order valence-corrected chi connectivity index (χ2v) is 4.09. The monoisotopic (exact) mass is 316 g/mol. The van der Waals surface area contributed by atoms with E-state index < -0.39 is 17.5 Å². The van der Waals surface area contributed by atoms with Crippen molar-refractivity contribution >= 4 is 27.5 Å². The second kappa shape index (κ2) is 5.21. The molecule has 0 unspecified atom stereocenters. The van der Waals surface area contributed by atoms with Crippen LogP contribution >= 0.6 is 15.9 Å². The molecular weight excluding hydrogens is 310 g/mol. The van der Waals surface area contributed by atoms with Crippen molar-refractivity contribution < 1.29 is 13.6 Å². The fourth-order valence-electron chi connectivity index (χ4n) is 1.28. The maximum Gasteiger partial charge on any atom is 0.246 e. The highest BCUT2D eigenvalue weighted by atomic mass is 79.9. The Bertz CT molecular complexity index is 587. The summed E-state index contributed by atoms with van der Waals surface area (Å²) in [5.41, 5.74) is -0.0828. The number of carbonyl (C=O) groups excluding carboxylic acids is 1. The maximum atomic E-state index is 13.3. The van der Waals surface area contributed by atoms with Gasteiger partial charge in [-0.3, -0.25) is 4.79 Å². The average molecular weight is 317 g/mol. The predicted molar refractivity (Wildman–Crippen MR) is 62.7 cm³/mol. The summed E-state index contributed by atoms with van der Waals surface area (Å²) in [4.78, 5) is 15.3. The number of nitrogens with one attached hydrogen (secondary N) is 1. The maximum absolute atomic E-state index is 13.3. The number of carbonyl (C=O) groups is 1. The molecule has 5 nitrogen and oxygen atoms in total. The van der Waals surface area contributed by atoms with Crippen LogP contribution in [-0.4, -0.2) is 20.7 Å². The first-order chi connectivity index (χ1) is 8.54. The van der Waals surface area contributed by atoms with Crippen molar-refractivity contribution in [3.63, 3.8) is 0 Å². The van der Waals surface area contributed by atoms with E-state index >= 15 is 0 Å². The molecule has 0 spiro atoms. The zero-order valence-corrected chi connectivity index (χ0v) is 10.5. The Kier molecular flexibility index (Phi) is 3.66. The van der Waals surface area contributed by atoms with E-state index in [0.29, 0.717) is 10.8 Å². The lowest BCUT2D eigenvalue weighted by molar-refractivity contribution is -0.116. The molecule has 0 saturated heterocycles. The zero-order valence-electron chi connectivity index (χ0n) is 8.90. The molecule has 0 aliphatic carbocycles. The van der Waals surface area contributed by atoms with Crippen LogP contribution in [0.25, 0.3) is 0 Å². The standard InChI is InChI=1S/C10H7BrF2N4O/c11-10-14-5-17(16-10)4-9(18)15-8-2-1-6(12)3-7(8)13/h1-3,5H,4H2,(H,15,18). The number of amides is 1. The number of nitrogens with zero attached hydrogens (tertiary/aromatic N) is 3. The van der Waals surface area contributed by atoms with E-state index in [4.69, 9.17) is 0 Å². The van der Waals surface area contributed by atoms with Crippen molar-refractivity contribution in [2.24, 2.45) is 0 Å². The number of halogens is 3. The lowest BCUT2D eigenvalue weighted by Gasteiger charge is -2.06. The van der Waals surface area contributed by atoms with Gasteiger partial charge in [0.25, 0.3) is 0 Å². The minimum absolute atomic E-state index is 0.0828. The number of benzene rings is 1. The highest BCUT2D eigenvalue weighted by Crippen LogP contribution is 2.14. The summed E-state index contributed by atoms with van der Waals surface area (Å²) < 4.78 is 27.5. The topological polar surface area (TPSA) is 59.8 Å². The molecule has 8 heteroatoms.